The summed E-state index contributed by atoms with van der Waals surface area (Å²) in [5.41, 5.74) is 0. The first-order valence-electron chi connectivity index (χ1n) is 6.90. The minimum absolute atomic E-state index is 0.0579. The molecule has 128 valence electrons. The standard InChI is InChI=1S/C14H18F3N3O3/c1-20(7-8-23-11-5-3-2-4-6-11)9-12(21)19-13(22)18-10-14(15,16)17/h2-6H,7-10H2,1H3,(H2,18,19,21,22)/p+1. The fourth-order valence-electron chi connectivity index (χ4n) is 1.62. The summed E-state index contributed by atoms with van der Waals surface area (Å²) < 4.78 is 41.2. The number of ether oxygens (including phenoxy) is 1. The van der Waals surface area contributed by atoms with Crippen LogP contribution in [0.1, 0.15) is 0 Å². The second-order valence-corrected chi connectivity index (χ2v) is 4.89. The SMILES string of the molecule is C[NH+](CCOc1ccccc1)CC(=O)NC(=O)NCC(F)(F)F. The van der Waals surface area contributed by atoms with Crippen LogP contribution in [0.3, 0.4) is 0 Å². The van der Waals surface area contributed by atoms with Crippen LogP contribution >= 0.6 is 0 Å². The first-order valence-corrected chi connectivity index (χ1v) is 6.90. The number of nitrogens with one attached hydrogen (secondary N) is 3. The van der Waals surface area contributed by atoms with Crippen LogP contribution in [0.4, 0.5) is 18.0 Å². The minimum Gasteiger partial charge on any atom is -0.488 e. The Morgan fingerprint density at radius 2 is 1.87 bits per heavy atom. The number of hydrogen-bond donors (Lipinski definition) is 3. The molecule has 1 aromatic carbocycles. The van der Waals surface area contributed by atoms with Crippen LogP contribution in [0.25, 0.3) is 0 Å². The number of carbonyl (C=O) groups is 2. The number of imide groups is 1. The summed E-state index contributed by atoms with van der Waals surface area (Å²) in [5, 5.41) is 3.40. The van der Waals surface area contributed by atoms with Gasteiger partial charge in [0, 0.05) is 0 Å². The average molecular weight is 334 g/mol. The normalized spacial score (nSPS) is 12.3. The van der Waals surface area contributed by atoms with Gasteiger partial charge >= 0.3 is 12.2 Å². The molecule has 1 aromatic rings. The molecule has 0 aromatic heterocycles. The predicted octanol–water partition coefficient (Wildman–Crippen LogP) is -0.0318. The molecule has 6 nitrogen and oxygen atoms in total. The van der Waals surface area contributed by atoms with E-state index in [1.165, 1.54) is 0 Å². The highest BCUT2D eigenvalue weighted by Gasteiger charge is 2.28. The molecule has 0 aliphatic rings. The number of carbonyl (C=O) groups excluding carboxylic acids is 2. The Hall–Kier alpha value is -2.29. The minimum atomic E-state index is -4.52. The summed E-state index contributed by atoms with van der Waals surface area (Å²) >= 11 is 0. The molecule has 0 radical (unpaired) electrons. The van der Waals surface area contributed by atoms with Crippen molar-refractivity contribution in [3.8, 4) is 5.75 Å². The van der Waals surface area contributed by atoms with Gasteiger partial charge in [0.05, 0.1) is 7.05 Å². The maximum Gasteiger partial charge on any atom is 0.405 e. The van der Waals surface area contributed by atoms with Crippen LogP contribution in [0.2, 0.25) is 0 Å². The Bertz CT molecular complexity index is 509. The van der Waals surface area contributed by atoms with E-state index in [4.69, 9.17) is 4.74 Å². The van der Waals surface area contributed by atoms with Gasteiger partial charge in [-0.15, -0.1) is 0 Å². The van der Waals surface area contributed by atoms with Gasteiger partial charge in [0.15, 0.2) is 6.54 Å². The fourth-order valence-corrected chi connectivity index (χ4v) is 1.62. The first kappa shape index (κ1) is 18.8. The monoisotopic (exact) mass is 334 g/mol. The van der Waals surface area contributed by atoms with Crippen LogP contribution in [0, 0.1) is 0 Å². The quantitative estimate of drug-likeness (QED) is 0.656. The second-order valence-electron chi connectivity index (χ2n) is 4.89. The van der Waals surface area contributed by atoms with Crippen molar-refractivity contribution in [2.45, 2.75) is 6.18 Å². The molecule has 0 aliphatic heterocycles. The molecular weight excluding hydrogens is 315 g/mol. The molecule has 3 N–H and O–H groups in total. The van der Waals surface area contributed by atoms with Crippen LogP contribution < -0.4 is 20.3 Å². The Morgan fingerprint density at radius 3 is 2.48 bits per heavy atom. The van der Waals surface area contributed by atoms with E-state index >= 15 is 0 Å². The Kier molecular flexibility index (Phi) is 7.33. The molecule has 0 saturated carbocycles. The molecule has 0 bridgehead atoms. The Labute approximate surface area is 131 Å². The third kappa shape index (κ3) is 9.35. The lowest BCUT2D eigenvalue weighted by Crippen LogP contribution is -3.10. The van der Waals surface area contributed by atoms with Gasteiger partial charge in [-0.25, -0.2) is 4.79 Å². The molecule has 0 spiro atoms. The van der Waals surface area contributed by atoms with E-state index < -0.39 is 24.7 Å². The van der Waals surface area contributed by atoms with Crippen LogP contribution in [-0.4, -0.2) is 51.4 Å². The number of likely N-dealkylation sites (N-methyl/N-ethyl adjacent to an activating group) is 1. The van der Waals surface area contributed by atoms with Gasteiger partial charge in [0.25, 0.3) is 5.91 Å². The molecule has 0 aliphatic carbocycles. The number of halogens is 3. The first-order chi connectivity index (χ1) is 10.8. The number of benzene rings is 1. The van der Waals surface area contributed by atoms with Crippen LogP contribution in [-0.2, 0) is 4.79 Å². The van der Waals surface area contributed by atoms with Gasteiger partial charge in [-0.1, -0.05) is 18.2 Å². The molecule has 23 heavy (non-hydrogen) atoms. The molecule has 9 heteroatoms. The van der Waals surface area contributed by atoms with Crippen molar-refractivity contribution in [2.75, 3.05) is 33.3 Å². The number of para-hydroxylation sites is 1. The molecule has 0 heterocycles. The third-order valence-electron chi connectivity index (χ3n) is 2.71. The molecule has 1 rings (SSSR count). The number of quaternary nitrogens is 1. The number of rotatable bonds is 7. The summed E-state index contributed by atoms with van der Waals surface area (Å²) in [6.07, 6.45) is -4.52. The van der Waals surface area contributed by atoms with Crippen molar-refractivity contribution < 1.29 is 32.4 Å². The maximum absolute atomic E-state index is 11.9. The van der Waals surface area contributed by atoms with Crippen LogP contribution in [0.5, 0.6) is 5.75 Å². The third-order valence-corrected chi connectivity index (χ3v) is 2.71. The summed E-state index contributed by atoms with van der Waals surface area (Å²) in [6.45, 7) is -0.687. The van der Waals surface area contributed by atoms with E-state index in [0.29, 0.717) is 18.9 Å². The molecule has 3 amide bonds. The van der Waals surface area contributed by atoms with Crippen LogP contribution in [0.15, 0.2) is 30.3 Å². The molecule has 0 saturated heterocycles. The second kappa shape index (κ2) is 8.99. The van der Waals surface area contributed by atoms with Gasteiger partial charge in [-0.05, 0) is 12.1 Å². The van der Waals surface area contributed by atoms with Crippen molar-refractivity contribution in [3.63, 3.8) is 0 Å². The van der Waals surface area contributed by atoms with Crippen molar-refractivity contribution in [1.82, 2.24) is 10.6 Å². The van der Waals surface area contributed by atoms with Gasteiger partial charge in [0.2, 0.25) is 0 Å². The predicted molar refractivity (Wildman–Crippen MR) is 76.2 cm³/mol. The van der Waals surface area contributed by atoms with E-state index in [1.54, 1.807) is 24.5 Å². The fraction of sp³-hybridized carbons (Fsp3) is 0.429. The summed E-state index contributed by atoms with van der Waals surface area (Å²) in [5.74, 6) is 0.0400. The largest absolute Gasteiger partial charge is 0.488 e. The molecular formula is C14H19F3N3O3+. The topological polar surface area (TPSA) is 71.9 Å². The lowest BCUT2D eigenvalue weighted by molar-refractivity contribution is -0.871. The highest BCUT2D eigenvalue weighted by atomic mass is 19.4. The number of amides is 3. The number of alkyl halides is 3. The summed E-state index contributed by atoms with van der Waals surface area (Å²) in [4.78, 5) is 23.4. The Morgan fingerprint density at radius 1 is 1.22 bits per heavy atom. The van der Waals surface area contributed by atoms with E-state index in [2.05, 4.69) is 0 Å². The van der Waals surface area contributed by atoms with Crippen molar-refractivity contribution in [3.05, 3.63) is 30.3 Å². The van der Waals surface area contributed by atoms with E-state index in [0.717, 1.165) is 4.90 Å². The van der Waals surface area contributed by atoms with Crippen molar-refractivity contribution in [2.24, 2.45) is 0 Å². The van der Waals surface area contributed by atoms with Gasteiger partial charge in [-0.3, -0.25) is 10.1 Å². The van der Waals surface area contributed by atoms with Gasteiger partial charge < -0.3 is 15.0 Å². The van der Waals surface area contributed by atoms with Gasteiger partial charge in [-0.2, -0.15) is 13.2 Å². The highest BCUT2D eigenvalue weighted by molar-refractivity contribution is 5.94. The molecule has 0 fully saturated rings. The maximum atomic E-state index is 11.9. The summed E-state index contributed by atoms with van der Waals surface area (Å²) in [7, 11) is 1.71. The molecule has 1 unspecified atom stereocenters. The summed E-state index contributed by atoms with van der Waals surface area (Å²) in [6, 6.07) is 7.96. The number of urea groups is 1. The zero-order chi connectivity index (χ0) is 17.3. The lowest BCUT2D eigenvalue weighted by Gasteiger charge is -2.14. The zero-order valence-electron chi connectivity index (χ0n) is 12.6. The van der Waals surface area contributed by atoms with Gasteiger partial charge in [0.1, 0.15) is 25.4 Å². The lowest BCUT2D eigenvalue weighted by atomic mass is 10.3. The van der Waals surface area contributed by atoms with E-state index in [1.807, 2.05) is 23.5 Å². The van der Waals surface area contributed by atoms with E-state index in [9.17, 15) is 22.8 Å². The highest BCUT2D eigenvalue weighted by Crippen LogP contribution is 2.11. The average Bonchev–Trinajstić information content (AvgIpc) is 2.45. The Balaban J connectivity index is 2.19. The molecule has 1 atom stereocenters. The zero-order valence-corrected chi connectivity index (χ0v) is 12.6. The van der Waals surface area contributed by atoms with E-state index in [-0.39, 0.29) is 6.54 Å². The smallest absolute Gasteiger partial charge is 0.405 e. The number of hydrogen-bond acceptors (Lipinski definition) is 3. The van der Waals surface area contributed by atoms with Crippen molar-refractivity contribution in [1.29, 1.82) is 0 Å². The van der Waals surface area contributed by atoms with Crippen molar-refractivity contribution >= 4 is 11.9 Å².